The summed E-state index contributed by atoms with van der Waals surface area (Å²) < 4.78 is 5.49. The van der Waals surface area contributed by atoms with E-state index >= 15 is 0 Å². The first-order valence-electron chi connectivity index (χ1n) is 35.1. The van der Waals surface area contributed by atoms with E-state index in [1.54, 1.807) is 0 Å². The normalized spacial score (nSPS) is 12.6. The average molecular weight is 1080 g/mol. The van der Waals surface area contributed by atoms with Crippen molar-refractivity contribution in [3.05, 3.63) is 24.3 Å². The molecule has 0 aliphatic heterocycles. The van der Waals surface area contributed by atoms with E-state index in [1.807, 2.05) is 0 Å². The quantitative estimate of drug-likeness (QED) is 0.0320. The number of ether oxygens (including phenoxy) is 1. The van der Waals surface area contributed by atoms with Gasteiger partial charge in [-0.15, -0.1) is 0 Å². The second-order valence-electron chi connectivity index (χ2n) is 24.2. The van der Waals surface area contributed by atoms with Gasteiger partial charge in [0.15, 0.2) is 0 Å². The number of allylic oxidation sites excluding steroid dienone is 4. The fourth-order valence-electron chi connectivity index (χ4n) is 11.1. The number of aliphatic hydroxyl groups is 2. The number of carbonyl (C=O) groups is 2. The van der Waals surface area contributed by atoms with Gasteiger partial charge in [-0.25, -0.2) is 0 Å². The maximum Gasteiger partial charge on any atom is 0.305 e. The van der Waals surface area contributed by atoms with Crippen LogP contribution in [0, 0.1) is 0 Å². The number of rotatable bonds is 66. The maximum atomic E-state index is 12.5. The summed E-state index contributed by atoms with van der Waals surface area (Å²) in [5, 5.41) is 23.4. The van der Waals surface area contributed by atoms with Crippen molar-refractivity contribution in [1.29, 1.82) is 0 Å². The number of unbranched alkanes of at least 4 members (excludes halogenated alkanes) is 51. The van der Waals surface area contributed by atoms with Crippen LogP contribution in [0.5, 0.6) is 0 Å². The number of amides is 1. The van der Waals surface area contributed by atoms with Crippen molar-refractivity contribution in [2.45, 2.75) is 405 Å². The van der Waals surface area contributed by atoms with Gasteiger partial charge in [-0.3, -0.25) is 9.59 Å². The minimum absolute atomic E-state index is 0.00530. The molecule has 0 saturated heterocycles. The topological polar surface area (TPSA) is 95.9 Å². The van der Waals surface area contributed by atoms with Crippen molar-refractivity contribution in [2.24, 2.45) is 0 Å². The number of nitrogens with one attached hydrogen (secondary N) is 1. The van der Waals surface area contributed by atoms with E-state index in [2.05, 4.69) is 43.5 Å². The average Bonchev–Trinajstić information content (AvgIpc) is 3.43. The van der Waals surface area contributed by atoms with Crippen LogP contribution in [0.2, 0.25) is 0 Å². The first kappa shape index (κ1) is 75.3. The Labute approximate surface area is 481 Å². The molecule has 0 aromatic heterocycles. The van der Waals surface area contributed by atoms with E-state index in [9.17, 15) is 19.8 Å². The molecule has 77 heavy (non-hydrogen) atoms. The molecule has 456 valence electrons. The Morgan fingerprint density at radius 3 is 1.00 bits per heavy atom. The predicted molar refractivity (Wildman–Crippen MR) is 338 cm³/mol. The standard InChI is InChI=1S/C71H137NO5/c1-3-5-7-9-11-13-15-17-19-32-35-39-43-47-51-55-59-63-69(74)68(67-73)72-70(75)64-60-56-52-48-44-40-36-33-30-28-26-24-22-21-23-25-27-29-31-34-38-42-46-50-54-58-62-66-77-71(76)65-61-57-53-49-45-41-37-20-18-16-14-12-10-8-6-4-2/h14,16,20,37,68-69,73-74H,3-13,15,17-19,21-36,38-67H2,1-2H3,(H,72,75)/b16-14-,37-20-. The molecular weight excluding hydrogens is 947 g/mol. The van der Waals surface area contributed by atoms with E-state index in [-0.39, 0.29) is 18.5 Å². The van der Waals surface area contributed by atoms with Crippen LogP contribution in [0.1, 0.15) is 393 Å². The molecule has 0 bridgehead atoms. The van der Waals surface area contributed by atoms with E-state index in [1.165, 1.54) is 308 Å². The molecule has 0 rings (SSSR count). The maximum absolute atomic E-state index is 12.5. The Morgan fingerprint density at radius 2 is 0.649 bits per heavy atom. The molecule has 0 aliphatic carbocycles. The third-order valence-corrected chi connectivity index (χ3v) is 16.5. The summed E-state index contributed by atoms with van der Waals surface area (Å²) in [6.45, 7) is 4.97. The van der Waals surface area contributed by atoms with E-state index in [0.717, 1.165) is 51.4 Å². The van der Waals surface area contributed by atoms with Crippen LogP contribution in [-0.2, 0) is 14.3 Å². The summed E-state index contributed by atoms with van der Waals surface area (Å²) in [7, 11) is 0. The summed E-state index contributed by atoms with van der Waals surface area (Å²) in [6, 6.07) is -0.539. The fourth-order valence-corrected chi connectivity index (χ4v) is 11.1. The van der Waals surface area contributed by atoms with Crippen LogP contribution in [0.25, 0.3) is 0 Å². The van der Waals surface area contributed by atoms with Crippen LogP contribution in [0.4, 0.5) is 0 Å². The van der Waals surface area contributed by atoms with E-state index in [4.69, 9.17) is 4.74 Å². The van der Waals surface area contributed by atoms with Gasteiger partial charge in [-0.2, -0.15) is 0 Å². The lowest BCUT2D eigenvalue weighted by atomic mass is 10.0. The van der Waals surface area contributed by atoms with Gasteiger partial charge in [0.2, 0.25) is 5.91 Å². The first-order valence-corrected chi connectivity index (χ1v) is 35.1. The van der Waals surface area contributed by atoms with Gasteiger partial charge in [0.05, 0.1) is 25.4 Å². The molecule has 6 heteroatoms. The summed E-state index contributed by atoms with van der Waals surface area (Å²) in [5.41, 5.74) is 0. The second kappa shape index (κ2) is 66.8. The summed E-state index contributed by atoms with van der Waals surface area (Å²) in [6.07, 6.45) is 83.6. The Kier molecular flexibility index (Phi) is 65.4. The minimum atomic E-state index is -0.662. The monoisotopic (exact) mass is 1080 g/mol. The summed E-state index contributed by atoms with van der Waals surface area (Å²) in [5.74, 6) is -0.0235. The molecule has 0 aromatic rings. The molecular formula is C71H137NO5. The minimum Gasteiger partial charge on any atom is -0.466 e. The second-order valence-corrected chi connectivity index (χ2v) is 24.2. The van der Waals surface area contributed by atoms with Gasteiger partial charge in [0, 0.05) is 12.8 Å². The number of esters is 1. The highest BCUT2D eigenvalue weighted by Gasteiger charge is 2.20. The van der Waals surface area contributed by atoms with Gasteiger partial charge in [-0.05, 0) is 57.8 Å². The third-order valence-electron chi connectivity index (χ3n) is 16.5. The van der Waals surface area contributed by atoms with Crippen molar-refractivity contribution in [3.8, 4) is 0 Å². The molecule has 0 radical (unpaired) electrons. The largest absolute Gasteiger partial charge is 0.466 e. The smallest absolute Gasteiger partial charge is 0.305 e. The van der Waals surface area contributed by atoms with Crippen LogP contribution >= 0.6 is 0 Å². The lowest BCUT2D eigenvalue weighted by Gasteiger charge is -2.22. The van der Waals surface area contributed by atoms with Crippen LogP contribution < -0.4 is 5.32 Å². The van der Waals surface area contributed by atoms with Gasteiger partial charge >= 0.3 is 5.97 Å². The SMILES string of the molecule is CCCCCC/C=C\C/C=C\CCCCCCCC(=O)OCCCCCCCCCCCCCCCCCCCCCCCCCCCCCC(=O)NC(CO)C(O)CCCCCCCCCCCCCCCCCCC. The molecule has 0 aromatic carbocycles. The Morgan fingerprint density at radius 1 is 0.364 bits per heavy atom. The zero-order valence-electron chi connectivity index (χ0n) is 52.2. The number of hydrogen-bond acceptors (Lipinski definition) is 5. The molecule has 0 heterocycles. The first-order chi connectivity index (χ1) is 38.0. The summed E-state index contributed by atoms with van der Waals surface area (Å²) >= 11 is 0. The van der Waals surface area contributed by atoms with Crippen molar-refractivity contribution in [2.75, 3.05) is 13.2 Å². The molecule has 0 aliphatic rings. The number of aliphatic hydroxyl groups excluding tert-OH is 2. The van der Waals surface area contributed by atoms with Crippen molar-refractivity contribution < 1.29 is 24.5 Å². The molecule has 3 N–H and O–H groups in total. The fraction of sp³-hybridized carbons (Fsp3) is 0.915. The third kappa shape index (κ3) is 63.4. The van der Waals surface area contributed by atoms with Gasteiger partial charge in [0.25, 0.3) is 0 Å². The van der Waals surface area contributed by atoms with Crippen molar-refractivity contribution in [3.63, 3.8) is 0 Å². The lowest BCUT2D eigenvalue weighted by molar-refractivity contribution is -0.143. The molecule has 2 atom stereocenters. The molecule has 0 saturated carbocycles. The van der Waals surface area contributed by atoms with Crippen molar-refractivity contribution >= 4 is 11.9 Å². The van der Waals surface area contributed by atoms with Crippen LogP contribution in [0.3, 0.4) is 0 Å². The lowest BCUT2D eigenvalue weighted by Crippen LogP contribution is -2.45. The Bertz CT molecular complexity index is 1200. The van der Waals surface area contributed by atoms with Crippen molar-refractivity contribution in [1.82, 2.24) is 5.32 Å². The molecule has 0 spiro atoms. The summed E-state index contributed by atoms with van der Waals surface area (Å²) in [4.78, 5) is 24.6. The van der Waals surface area contributed by atoms with Gasteiger partial charge < -0.3 is 20.3 Å². The highest BCUT2D eigenvalue weighted by atomic mass is 16.5. The number of carbonyl (C=O) groups excluding carboxylic acids is 2. The predicted octanol–water partition coefficient (Wildman–Crippen LogP) is 22.5. The highest BCUT2D eigenvalue weighted by molar-refractivity contribution is 5.76. The highest BCUT2D eigenvalue weighted by Crippen LogP contribution is 2.19. The number of hydrogen-bond donors (Lipinski definition) is 3. The zero-order valence-corrected chi connectivity index (χ0v) is 52.2. The molecule has 1 amide bonds. The molecule has 6 nitrogen and oxygen atoms in total. The van der Waals surface area contributed by atoms with Crippen LogP contribution in [-0.4, -0.2) is 47.4 Å². The zero-order chi connectivity index (χ0) is 55.7. The van der Waals surface area contributed by atoms with E-state index < -0.39 is 12.1 Å². The Balaban J connectivity index is 3.35. The Hall–Kier alpha value is -1.66. The molecule has 2 unspecified atom stereocenters. The van der Waals surface area contributed by atoms with E-state index in [0.29, 0.717) is 25.9 Å². The van der Waals surface area contributed by atoms with Gasteiger partial charge in [0.1, 0.15) is 0 Å². The van der Waals surface area contributed by atoms with Gasteiger partial charge in [-0.1, -0.05) is 346 Å². The molecule has 0 fully saturated rings. The van der Waals surface area contributed by atoms with Crippen LogP contribution in [0.15, 0.2) is 24.3 Å².